The Kier molecular flexibility index (Phi) is 3.97. The van der Waals surface area contributed by atoms with E-state index in [0.717, 1.165) is 18.4 Å². The predicted octanol–water partition coefficient (Wildman–Crippen LogP) is 3.59. The zero-order chi connectivity index (χ0) is 14.1. The van der Waals surface area contributed by atoms with E-state index in [-0.39, 0.29) is 6.10 Å². The molecule has 1 N–H and O–H groups in total. The first-order chi connectivity index (χ1) is 8.87. The molecule has 0 aliphatic carbocycles. The van der Waals surface area contributed by atoms with Crippen molar-refractivity contribution in [2.75, 3.05) is 0 Å². The van der Waals surface area contributed by atoms with Gasteiger partial charge in [0.15, 0.2) is 0 Å². The maximum atomic E-state index is 8.89. The summed E-state index contributed by atoms with van der Waals surface area (Å²) >= 11 is 0. The number of rotatable bonds is 3. The van der Waals surface area contributed by atoms with Crippen LogP contribution in [0, 0.1) is 6.92 Å². The van der Waals surface area contributed by atoms with Crippen LogP contribution in [0.1, 0.15) is 44.7 Å². The van der Waals surface area contributed by atoms with Crippen LogP contribution in [-0.2, 0) is 20.3 Å². The fourth-order valence-electron chi connectivity index (χ4n) is 2.28. The van der Waals surface area contributed by atoms with E-state index in [0.29, 0.717) is 0 Å². The molecule has 2 atom stereocenters. The van der Waals surface area contributed by atoms with E-state index in [9.17, 15) is 0 Å². The summed E-state index contributed by atoms with van der Waals surface area (Å²) in [7, 11) is 0. The minimum absolute atomic E-state index is 0.281. The number of hydrogen-bond donors (Lipinski definition) is 1. The highest BCUT2D eigenvalue weighted by Crippen LogP contribution is 2.39. The van der Waals surface area contributed by atoms with Crippen LogP contribution in [0.2, 0.25) is 0 Å². The first-order valence-corrected chi connectivity index (χ1v) is 6.62. The highest BCUT2D eigenvalue weighted by Gasteiger charge is 2.42. The third-order valence-corrected chi connectivity index (χ3v) is 3.90. The Hall–Kier alpha value is -0.940. The lowest BCUT2D eigenvalue weighted by atomic mass is 9.86. The first kappa shape index (κ1) is 14.5. The van der Waals surface area contributed by atoms with E-state index in [1.807, 2.05) is 6.92 Å². The van der Waals surface area contributed by atoms with Gasteiger partial charge in [0.2, 0.25) is 0 Å². The Bertz CT molecular complexity index is 416. The Balaban J connectivity index is 2.08. The summed E-state index contributed by atoms with van der Waals surface area (Å²) in [4.78, 5) is 15.5. The van der Waals surface area contributed by atoms with Crippen molar-refractivity contribution in [3.63, 3.8) is 0 Å². The molecule has 0 aromatic heterocycles. The molecule has 1 aliphatic rings. The van der Waals surface area contributed by atoms with Crippen molar-refractivity contribution >= 4 is 0 Å². The van der Waals surface area contributed by atoms with Crippen LogP contribution < -0.4 is 0 Å². The second kappa shape index (κ2) is 5.21. The highest BCUT2D eigenvalue weighted by molar-refractivity contribution is 5.26. The molecule has 19 heavy (non-hydrogen) atoms. The van der Waals surface area contributed by atoms with E-state index in [1.54, 1.807) is 13.8 Å². The highest BCUT2D eigenvalue weighted by atomic mass is 17.2. The first-order valence-electron chi connectivity index (χ1n) is 6.62. The molecule has 4 heteroatoms. The lowest BCUT2D eigenvalue weighted by Crippen LogP contribution is -2.46. The Morgan fingerprint density at radius 2 is 1.95 bits per heavy atom. The Morgan fingerprint density at radius 1 is 1.32 bits per heavy atom. The largest absolute Gasteiger partial charge is 0.251 e. The molecule has 106 valence electrons. The zero-order valence-electron chi connectivity index (χ0n) is 12.0. The molecular weight excluding hydrogens is 244 g/mol. The van der Waals surface area contributed by atoms with E-state index < -0.39 is 11.2 Å². The van der Waals surface area contributed by atoms with Gasteiger partial charge < -0.3 is 0 Å². The van der Waals surface area contributed by atoms with Crippen molar-refractivity contribution in [2.45, 2.75) is 57.8 Å². The quantitative estimate of drug-likeness (QED) is 0.671. The van der Waals surface area contributed by atoms with Crippen LogP contribution in [-0.4, -0.2) is 17.0 Å². The van der Waals surface area contributed by atoms with Gasteiger partial charge in [-0.2, -0.15) is 0 Å². The Labute approximate surface area is 114 Å². The van der Waals surface area contributed by atoms with Gasteiger partial charge in [0.25, 0.3) is 0 Å². The summed E-state index contributed by atoms with van der Waals surface area (Å²) in [6, 6.07) is 8.26. The Morgan fingerprint density at radius 3 is 2.42 bits per heavy atom. The average molecular weight is 266 g/mol. The summed E-state index contributed by atoms with van der Waals surface area (Å²) < 4.78 is 0. The third kappa shape index (κ3) is 2.98. The fourth-order valence-corrected chi connectivity index (χ4v) is 2.28. The average Bonchev–Trinajstić information content (AvgIpc) is 2.40. The van der Waals surface area contributed by atoms with Crippen molar-refractivity contribution in [2.24, 2.45) is 0 Å². The normalized spacial score (nSPS) is 28.4. The molecule has 1 aromatic carbocycles. The van der Waals surface area contributed by atoms with Crippen molar-refractivity contribution in [3.8, 4) is 0 Å². The van der Waals surface area contributed by atoms with Gasteiger partial charge in [-0.3, -0.25) is 5.26 Å². The molecule has 1 saturated heterocycles. The summed E-state index contributed by atoms with van der Waals surface area (Å²) in [5, 5.41) is 8.89. The summed E-state index contributed by atoms with van der Waals surface area (Å²) in [5.74, 6) is 0. The molecule has 0 unspecified atom stereocenters. The molecule has 2 rings (SSSR count). The topological polar surface area (TPSA) is 47.9 Å². The lowest BCUT2D eigenvalue weighted by molar-refractivity contribution is -0.451. The van der Waals surface area contributed by atoms with Crippen molar-refractivity contribution in [1.29, 1.82) is 0 Å². The molecule has 0 bridgehead atoms. The van der Waals surface area contributed by atoms with Gasteiger partial charge >= 0.3 is 0 Å². The summed E-state index contributed by atoms with van der Waals surface area (Å²) in [6.07, 6.45) is 1.29. The fraction of sp³-hybridized carbons (Fsp3) is 0.600. The summed E-state index contributed by atoms with van der Waals surface area (Å²) in [6.45, 7) is 7.62. The van der Waals surface area contributed by atoms with Gasteiger partial charge in [0.1, 0.15) is 17.3 Å². The molecule has 1 aromatic rings. The van der Waals surface area contributed by atoms with E-state index in [4.69, 9.17) is 15.0 Å². The molecule has 0 radical (unpaired) electrons. The smallest absolute Gasteiger partial charge is 0.127 e. The van der Waals surface area contributed by atoms with Crippen molar-refractivity contribution in [1.82, 2.24) is 0 Å². The monoisotopic (exact) mass is 266 g/mol. The SMILES string of the molecule is Cc1ccc([C@@]2(C)CC[C@H](C(C)(C)OO)OO2)cc1. The predicted molar refractivity (Wildman–Crippen MR) is 71.5 cm³/mol. The van der Waals surface area contributed by atoms with Gasteiger partial charge in [-0.1, -0.05) is 29.8 Å². The summed E-state index contributed by atoms with van der Waals surface area (Å²) in [5.41, 5.74) is 1.10. The minimum Gasteiger partial charge on any atom is -0.251 e. The lowest BCUT2D eigenvalue weighted by Gasteiger charge is -2.40. The third-order valence-electron chi connectivity index (χ3n) is 3.90. The zero-order valence-corrected chi connectivity index (χ0v) is 12.0. The van der Waals surface area contributed by atoms with E-state index in [1.165, 1.54) is 5.56 Å². The molecule has 1 fully saturated rings. The van der Waals surface area contributed by atoms with Gasteiger partial charge in [0.05, 0.1) is 0 Å². The molecule has 0 saturated carbocycles. The maximum Gasteiger partial charge on any atom is 0.127 e. The van der Waals surface area contributed by atoms with Gasteiger partial charge in [-0.15, -0.1) is 0 Å². The van der Waals surface area contributed by atoms with Crippen molar-refractivity contribution < 1.29 is 19.9 Å². The number of hydrogen-bond acceptors (Lipinski definition) is 4. The second-order valence-electron chi connectivity index (χ2n) is 6.00. The van der Waals surface area contributed by atoms with Crippen LogP contribution in [0.15, 0.2) is 24.3 Å². The minimum atomic E-state index is -0.769. The molecule has 1 heterocycles. The maximum absolute atomic E-state index is 8.89. The molecular formula is C15H22O4. The van der Waals surface area contributed by atoms with Crippen LogP contribution in [0.5, 0.6) is 0 Å². The van der Waals surface area contributed by atoms with Crippen LogP contribution in [0.3, 0.4) is 0 Å². The van der Waals surface area contributed by atoms with Crippen LogP contribution in [0.4, 0.5) is 0 Å². The van der Waals surface area contributed by atoms with Gasteiger partial charge in [-0.05, 0) is 46.1 Å². The van der Waals surface area contributed by atoms with E-state index in [2.05, 4.69) is 36.1 Å². The molecule has 0 amide bonds. The standard InChI is InChI=1S/C15H22O4/c1-11-5-7-12(8-6-11)15(4)10-9-13(17-19-15)14(2,3)18-16/h5-8,13,16H,9-10H2,1-4H3/t13-,15-/m1/s1. The van der Waals surface area contributed by atoms with Gasteiger partial charge in [0, 0.05) is 0 Å². The second-order valence-corrected chi connectivity index (χ2v) is 6.00. The molecule has 0 spiro atoms. The molecule has 4 nitrogen and oxygen atoms in total. The number of benzene rings is 1. The number of aryl methyl sites for hydroxylation is 1. The van der Waals surface area contributed by atoms with Crippen LogP contribution in [0.25, 0.3) is 0 Å². The van der Waals surface area contributed by atoms with Crippen LogP contribution >= 0.6 is 0 Å². The van der Waals surface area contributed by atoms with Gasteiger partial charge in [-0.25, -0.2) is 14.7 Å². The van der Waals surface area contributed by atoms with Crippen molar-refractivity contribution in [3.05, 3.63) is 35.4 Å². The van der Waals surface area contributed by atoms with E-state index >= 15 is 0 Å². The molecule has 1 aliphatic heterocycles.